The molecule has 4 heterocycles. The third-order valence-corrected chi connectivity index (χ3v) is 7.15. The van der Waals surface area contributed by atoms with E-state index in [1.165, 1.54) is 36.7 Å². The van der Waals surface area contributed by atoms with Crippen molar-refractivity contribution in [1.82, 2.24) is 14.8 Å². The first-order chi connectivity index (χ1) is 16.3. The van der Waals surface area contributed by atoms with Crippen LogP contribution in [0.3, 0.4) is 0 Å². The van der Waals surface area contributed by atoms with Crippen molar-refractivity contribution < 1.29 is 9.21 Å². The molecule has 0 bridgehead atoms. The number of carbonyl (C=O) groups excluding carboxylic acids is 1. The van der Waals surface area contributed by atoms with E-state index in [0.29, 0.717) is 6.54 Å². The van der Waals surface area contributed by atoms with E-state index in [-0.39, 0.29) is 11.7 Å². The average Bonchev–Trinajstić information content (AvgIpc) is 3.62. The summed E-state index contributed by atoms with van der Waals surface area (Å²) in [6.07, 6.45) is 7.81. The van der Waals surface area contributed by atoms with E-state index in [0.717, 1.165) is 61.6 Å². The van der Waals surface area contributed by atoms with E-state index in [4.69, 9.17) is 4.42 Å². The summed E-state index contributed by atoms with van der Waals surface area (Å²) in [4.78, 5) is 17.3. The average molecular weight is 467 g/mol. The molecule has 2 saturated heterocycles. The van der Waals surface area contributed by atoms with Crippen molar-refractivity contribution in [1.29, 1.82) is 0 Å². The predicted octanol–water partition coefficient (Wildman–Crippen LogP) is 4.24. The van der Waals surface area contributed by atoms with Crippen LogP contribution in [0.1, 0.15) is 37.9 Å². The summed E-state index contributed by atoms with van der Waals surface area (Å²) in [5, 5.41) is 12.6. The minimum Gasteiger partial charge on any atom is -0.467 e. The van der Waals surface area contributed by atoms with Crippen LogP contribution in [0.15, 0.2) is 52.2 Å². The van der Waals surface area contributed by atoms with Gasteiger partial charge in [0.15, 0.2) is 5.16 Å². The number of benzene rings is 1. The highest BCUT2D eigenvalue weighted by Gasteiger charge is 2.22. The molecule has 0 radical (unpaired) electrons. The third kappa shape index (κ3) is 5.35. The Kier molecular flexibility index (Phi) is 6.85. The van der Waals surface area contributed by atoms with Gasteiger partial charge in [0.1, 0.15) is 5.76 Å². The van der Waals surface area contributed by atoms with Crippen LogP contribution >= 0.6 is 11.8 Å². The molecule has 0 saturated carbocycles. The van der Waals surface area contributed by atoms with Crippen molar-refractivity contribution in [2.45, 2.75) is 43.8 Å². The summed E-state index contributed by atoms with van der Waals surface area (Å²) in [6, 6.07) is 12.0. The van der Waals surface area contributed by atoms with Crippen LogP contribution in [0.25, 0.3) is 0 Å². The van der Waals surface area contributed by atoms with Gasteiger partial charge < -0.3 is 19.5 Å². The van der Waals surface area contributed by atoms with Crippen molar-refractivity contribution in [2.24, 2.45) is 0 Å². The zero-order valence-electron chi connectivity index (χ0n) is 18.8. The van der Waals surface area contributed by atoms with Gasteiger partial charge in [-0.3, -0.25) is 9.36 Å². The number of aromatic nitrogens is 3. The lowest BCUT2D eigenvalue weighted by Gasteiger charge is -2.28. The first-order valence-electron chi connectivity index (χ1n) is 11.7. The Balaban J connectivity index is 1.21. The summed E-state index contributed by atoms with van der Waals surface area (Å²) in [5.41, 5.74) is 2.04. The predicted molar refractivity (Wildman–Crippen MR) is 131 cm³/mol. The van der Waals surface area contributed by atoms with Gasteiger partial charge in [0, 0.05) is 37.6 Å². The van der Waals surface area contributed by atoms with Crippen LogP contribution in [0.4, 0.5) is 17.3 Å². The summed E-state index contributed by atoms with van der Waals surface area (Å²) in [5.74, 6) is 1.90. The lowest BCUT2D eigenvalue weighted by atomic mass is 10.1. The number of anilines is 3. The number of rotatable bonds is 8. The molecule has 0 aliphatic carbocycles. The molecule has 1 amide bonds. The first kappa shape index (κ1) is 21.9. The summed E-state index contributed by atoms with van der Waals surface area (Å²) < 4.78 is 7.60. The SMILES string of the molecule is O=C(CSc1nnc(N2CCCC2)n1Cc1ccco1)Nc1ccc(N2CCCCC2)cc1. The lowest BCUT2D eigenvalue weighted by Crippen LogP contribution is -2.29. The summed E-state index contributed by atoms with van der Waals surface area (Å²) in [7, 11) is 0. The number of thioether (sulfide) groups is 1. The van der Waals surface area contributed by atoms with Crippen LogP contribution in [0.2, 0.25) is 0 Å². The van der Waals surface area contributed by atoms with Crippen molar-refractivity contribution in [2.75, 3.05) is 47.0 Å². The maximum absolute atomic E-state index is 12.6. The van der Waals surface area contributed by atoms with E-state index in [2.05, 4.69) is 42.0 Å². The third-order valence-electron chi connectivity index (χ3n) is 6.18. The molecule has 1 N–H and O–H groups in total. The molecule has 174 valence electrons. The van der Waals surface area contributed by atoms with Gasteiger partial charge in [-0.15, -0.1) is 10.2 Å². The molecule has 0 spiro atoms. The Hall–Kier alpha value is -2.94. The molecule has 33 heavy (non-hydrogen) atoms. The number of nitrogens with one attached hydrogen (secondary N) is 1. The highest BCUT2D eigenvalue weighted by Crippen LogP contribution is 2.26. The summed E-state index contributed by atoms with van der Waals surface area (Å²) >= 11 is 1.40. The number of piperidine rings is 1. The Morgan fingerprint density at radius 1 is 0.939 bits per heavy atom. The van der Waals surface area contributed by atoms with Gasteiger partial charge in [-0.25, -0.2) is 0 Å². The van der Waals surface area contributed by atoms with Gasteiger partial charge >= 0.3 is 0 Å². The fourth-order valence-corrected chi connectivity index (χ4v) is 5.20. The highest BCUT2D eigenvalue weighted by atomic mass is 32.2. The molecule has 8 nitrogen and oxygen atoms in total. The molecule has 2 aliphatic heterocycles. The molecule has 2 fully saturated rings. The molecule has 0 unspecified atom stereocenters. The van der Waals surface area contributed by atoms with Crippen molar-refractivity contribution >= 4 is 35.0 Å². The van der Waals surface area contributed by atoms with Gasteiger partial charge in [0.05, 0.1) is 18.6 Å². The van der Waals surface area contributed by atoms with Crippen LogP contribution in [-0.2, 0) is 11.3 Å². The molecule has 2 aliphatic rings. The van der Waals surface area contributed by atoms with Gasteiger partial charge in [-0.1, -0.05) is 11.8 Å². The second-order valence-corrected chi connectivity index (χ2v) is 9.52. The first-order valence-corrected chi connectivity index (χ1v) is 12.7. The van der Waals surface area contributed by atoms with Crippen molar-refractivity contribution in [3.05, 3.63) is 48.4 Å². The standard InChI is InChI=1S/C24H30N6O2S/c31-22(25-19-8-10-20(11-9-19)28-12-2-1-3-13-28)18-33-24-27-26-23(29-14-4-5-15-29)30(24)17-21-7-6-16-32-21/h6-11,16H,1-5,12-15,17-18H2,(H,25,31). The second-order valence-electron chi connectivity index (χ2n) is 8.57. The number of hydrogen-bond acceptors (Lipinski definition) is 7. The van der Waals surface area contributed by atoms with Crippen molar-refractivity contribution in [3.63, 3.8) is 0 Å². The largest absolute Gasteiger partial charge is 0.467 e. The van der Waals surface area contributed by atoms with Crippen LogP contribution < -0.4 is 15.1 Å². The topological polar surface area (TPSA) is 79.4 Å². The Morgan fingerprint density at radius 2 is 1.67 bits per heavy atom. The molecule has 3 aromatic rings. The van der Waals surface area contributed by atoms with Gasteiger partial charge in [0.25, 0.3) is 0 Å². The monoisotopic (exact) mass is 466 g/mol. The van der Waals surface area contributed by atoms with E-state index in [1.54, 1.807) is 6.26 Å². The van der Waals surface area contributed by atoms with Crippen molar-refractivity contribution in [3.8, 4) is 0 Å². The maximum atomic E-state index is 12.6. The number of furan rings is 1. The maximum Gasteiger partial charge on any atom is 0.234 e. The lowest BCUT2D eigenvalue weighted by molar-refractivity contribution is -0.113. The number of amides is 1. The number of hydrogen-bond donors (Lipinski definition) is 1. The zero-order valence-corrected chi connectivity index (χ0v) is 19.6. The van der Waals surface area contributed by atoms with Crippen LogP contribution in [0.5, 0.6) is 0 Å². The molecular formula is C24H30N6O2S. The van der Waals surface area contributed by atoms with Crippen LogP contribution in [0, 0.1) is 0 Å². The van der Waals surface area contributed by atoms with Gasteiger partial charge in [0.2, 0.25) is 11.9 Å². The Bertz CT molecular complexity index is 1040. The van der Waals surface area contributed by atoms with Crippen LogP contribution in [-0.4, -0.2) is 52.6 Å². The highest BCUT2D eigenvalue weighted by molar-refractivity contribution is 7.99. The van der Waals surface area contributed by atoms with Gasteiger partial charge in [-0.2, -0.15) is 0 Å². The Labute approximate surface area is 198 Å². The normalized spacial score (nSPS) is 16.4. The minimum atomic E-state index is -0.0546. The Morgan fingerprint density at radius 3 is 2.39 bits per heavy atom. The molecular weight excluding hydrogens is 436 g/mol. The molecule has 0 atom stereocenters. The molecule has 9 heteroatoms. The minimum absolute atomic E-state index is 0.0546. The van der Waals surface area contributed by atoms with E-state index in [9.17, 15) is 4.79 Å². The summed E-state index contributed by atoms with van der Waals surface area (Å²) in [6.45, 7) is 4.73. The smallest absolute Gasteiger partial charge is 0.234 e. The zero-order chi connectivity index (χ0) is 22.5. The molecule has 5 rings (SSSR count). The number of nitrogens with zero attached hydrogens (tertiary/aromatic N) is 5. The number of carbonyl (C=O) groups is 1. The fourth-order valence-electron chi connectivity index (χ4n) is 4.47. The molecule has 2 aromatic heterocycles. The fraction of sp³-hybridized carbons (Fsp3) is 0.458. The van der Waals surface area contributed by atoms with Gasteiger partial charge in [-0.05, 0) is 68.5 Å². The van der Waals surface area contributed by atoms with E-state index < -0.39 is 0 Å². The second kappa shape index (κ2) is 10.3. The quantitative estimate of drug-likeness (QED) is 0.498. The van der Waals surface area contributed by atoms with E-state index in [1.807, 2.05) is 24.3 Å². The van der Waals surface area contributed by atoms with E-state index >= 15 is 0 Å². The molecule has 1 aromatic carbocycles.